The van der Waals surface area contributed by atoms with Crippen molar-refractivity contribution in [2.45, 2.75) is 64.8 Å². The number of thiazole rings is 1. The molecule has 0 saturated heterocycles. The van der Waals surface area contributed by atoms with E-state index >= 15 is 0 Å². The standard InChI is InChI=1S/C16H30N2OS/c1-5-6-7-8-9-14(17-10-11-19-4)16-18-15(12-20-16)13(2)3/h12-14,17H,5-11H2,1-4H3. The molecule has 0 amide bonds. The van der Waals surface area contributed by atoms with Crippen molar-refractivity contribution in [3.8, 4) is 0 Å². The van der Waals surface area contributed by atoms with Crippen LogP contribution in [0.3, 0.4) is 0 Å². The van der Waals surface area contributed by atoms with Crippen LogP contribution in [0.25, 0.3) is 0 Å². The number of methoxy groups -OCH3 is 1. The van der Waals surface area contributed by atoms with Crippen molar-refractivity contribution in [2.24, 2.45) is 0 Å². The van der Waals surface area contributed by atoms with E-state index in [2.05, 4.69) is 31.5 Å². The normalized spacial score (nSPS) is 13.1. The summed E-state index contributed by atoms with van der Waals surface area (Å²) < 4.78 is 5.14. The number of rotatable bonds is 11. The Labute approximate surface area is 128 Å². The van der Waals surface area contributed by atoms with Gasteiger partial charge in [-0.3, -0.25) is 0 Å². The predicted octanol–water partition coefficient (Wildman–Crippen LogP) is 4.51. The number of ether oxygens (including phenoxy) is 1. The Kier molecular flexibility index (Phi) is 9.07. The number of unbranched alkanes of at least 4 members (excludes halogenated alkanes) is 3. The lowest BCUT2D eigenvalue weighted by atomic mass is 10.1. The molecule has 0 aliphatic rings. The Morgan fingerprint density at radius 1 is 1.30 bits per heavy atom. The summed E-state index contributed by atoms with van der Waals surface area (Å²) in [6.07, 6.45) is 6.39. The molecule has 1 rings (SSSR count). The van der Waals surface area contributed by atoms with Crippen LogP contribution in [0, 0.1) is 0 Å². The van der Waals surface area contributed by atoms with Gasteiger partial charge >= 0.3 is 0 Å². The Balaban J connectivity index is 2.54. The summed E-state index contributed by atoms with van der Waals surface area (Å²) in [5.41, 5.74) is 1.22. The third-order valence-corrected chi connectivity index (χ3v) is 4.45. The molecule has 0 spiro atoms. The largest absolute Gasteiger partial charge is 0.383 e. The minimum absolute atomic E-state index is 0.388. The molecular weight excluding hydrogens is 268 g/mol. The predicted molar refractivity (Wildman–Crippen MR) is 87.6 cm³/mol. The molecule has 1 atom stereocenters. The zero-order chi connectivity index (χ0) is 14.8. The molecule has 1 N–H and O–H groups in total. The topological polar surface area (TPSA) is 34.1 Å². The van der Waals surface area contributed by atoms with Gasteiger partial charge in [0.25, 0.3) is 0 Å². The molecule has 0 fully saturated rings. The third-order valence-electron chi connectivity index (χ3n) is 3.47. The molecule has 0 radical (unpaired) electrons. The lowest BCUT2D eigenvalue weighted by Gasteiger charge is -2.16. The highest BCUT2D eigenvalue weighted by Gasteiger charge is 2.15. The van der Waals surface area contributed by atoms with Crippen LogP contribution < -0.4 is 5.32 Å². The quantitative estimate of drug-likeness (QED) is 0.610. The van der Waals surface area contributed by atoms with Crippen molar-refractivity contribution < 1.29 is 4.74 Å². The summed E-state index contributed by atoms with van der Waals surface area (Å²) in [5, 5.41) is 7.03. The maximum atomic E-state index is 5.14. The molecule has 0 saturated carbocycles. The first-order chi connectivity index (χ1) is 9.69. The van der Waals surface area contributed by atoms with E-state index < -0.39 is 0 Å². The summed E-state index contributed by atoms with van der Waals surface area (Å²) >= 11 is 1.79. The van der Waals surface area contributed by atoms with Crippen molar-refractivity contribution in [1.29, 1.82) is 0 Å². The zero-order valence-electron chi connectivity index (χ0n) is 13.4. The van der Waals surface area contributed by atoms with E-state index in [1.165, 1.54) is 42.8 Å². The summed E-state index contributed by atoms with van der Waals surface area (Å²) in [5.74, 6) is 0.514. The molecule has 20 heavy (non-hydrogen) atoms. The van der Waals surface area contributed by atoms with Gasteiger partial charge < -0.3 is 10.1 Å². The van der Waals surface area contributed by atoms with E-state index in [0.29, 0.717) is 12.0 Å². The molecule has 4 heteroatoms. The van der Waals surface area contributed by atoms with Crippen molar-refractivity contribution in [3.63, 3.8) is 0 Å². The van der Waals surface area contributed by atoms with Gasteiger partial charge in [-0.15, -0.1) is 11.3 Å². The molecule has 3 nitrogen and oxygen atoms in total. The van der Waals surface area contributed by atoms with E-state index in [4.69, 9.17) is 9.72 Å². The van der Waals surface area contributed by atoms with Gasteiger partial charge in [0.2, 0.25) is 0 Å². The van der Waals surface area contributed by atoms with Crippen LogP contribution in [0.4, 0.5) is 0 Å². The van der Waals surface area contributed by atoms with Gasteiger partial charge in [0.1, 0.15) is 5.01 Å². The average Bonchev–Trinajstić information content (AvgIpc) is 2.91. The monoisotopic (exact) mass is 298 g/mol. The van der Waals surface area contributed by atoms with Crippen LogP contribution >= 0.6 is 11.3 Å². The van der Waals surface area contributed by atoms with Crippen LogP contribution in [0.2, 0.25) is 0 Å². The lowest BCUT2D eigenvalue weighted by molar-refractivity contribution is 0.194. The molecule has 1 unspecified atom stereocenters. The molecule has 0 aromatic carbocycles. The van der Waals surface area contributed by atoms with Crippen molar-refractivity contribution in [1.82, 2.24) is 10.3 Å². The third kappa shape index (κ3) is 6.33. The highest BCUT2D eigenvalue weighted by molar-refractivity contribution is 7.09. The molecule has 0 bridgehead atoms. The molecule has 0 aliphatic carbocycles. The fourth-order valence-electron chi connectivity index (χ4n) is 2.15. The van der Waals surface area contributed by atoms with E-state index in [0.717, 1.165) is 13.2 Å². The smallest absolute Gasteiger partial charge is 0.110 e. The number of hydrogen-bond acceptors (Lipinski definition) is 4. The van der Waals surface area contributed by atoms with E-state index in [9.17, 15) is 0 Å². The van der Waals surface area contributed by atoms with Crippen molar-refractivity contribution in [2.75, 3.05) is 20.3 Å². The first-order valence-corrected chi connectivity index (χ1v) is 8.74. The minimum atomic E-state index is 0.388. The lowest BCUT2D eigenvalue weighted by Crippen LogP contribution is -2.25. The summed E-state index contributed by atoms with van der Waals surface area (Å²) in [6, 6.07) is 0.388. The fourth-order valence-corrected chi connectivity index (χ4v) is 3.24. The number of hydrogen-bond donors (Lipinski definition) is 1. The number of nitrogens with one attached hydrogen (secondary N) is 1. The molecule has 1 aromatic rings. The number of nitrogens with zero attached hydrogens (tertiary/aromatic N) is 1. The highest BCUT2D eigenvalue weighted by Crippen LogP contribution is 2.26. The second-order valence-electron chi connectivity index (χ2n) is 5.61. The summed E-state index contributed by atoms with van der Waals surface area (Å²) in [7, 11) is 1.75. The van der Waals surface area contributed by atoms with E-state index in [-0.39, 0.29) is 0 Å². The summed E-state index contributed by atoms with van der Waals surface area (Å²) in [6.45, 7) is 8.31. The molecule has 1 aromatic heterocycles. The Morgan fingerprint density at radius 3 is 2.70 bits per heavy atom. The summed E-state index contributed by atoms with van der Waals surface area (Å²) in [4.78, 5) is 4.80. The van der Waals surface area contributed by atoms with Crippen LogP contribution in [-0.2, 0) is 4.74 Å². The Bertz CT molecular complexity index is 352. The Morgan fingerprint density at radius 2 is 2.10 bits per heavy atom. The van der Waals surface area contributed by atoms with Gasteiger partial charge in [-0.05, 0) is 12.3 Å². The first-order valence-electron chi connectivity index (χ1n) is 7.86. The zero-order valence-corrected chi connectivity index (χ0v) is 14.3. The van der Waals surface area contributed by atoms with Crippen molar-refractivity contribution >= 4 is 11.3 Å². The molecule has 0 aliphatic heterocycles. The number of aromatic nitrogens is 1. The van der Waals surface area contributed by atoms with Gasteiger partial charge in [0.15, 0.2) is 0 Å². The van der Waals surface area contributed by atoms with Crippen LogP contribution in [0.5, 0.6) is 0 Å². The SMILES string of the molecule is CCCCCCC(NCCOC)c1nc(C(C)C)cs1. The maximum Gasteiger partial charge on any atom is 0.110 e. The first kappa shape index (κ1) is 17.6. The molecule has 116 valence electrons. The van der Waals surface area contributed by atoms with Crippen LogP contribution in [-0.4, -0.2) is 25.2 Å². The van der Waals surface area contributed by atoms with Crippen LogP contribution in [0.1, 0.15) is 75.5 Å². The average molecular weight is 298 g/mol. The molecule has 1 heterocycles. The van der Waals surface area contributed by atoms with Gasteiger partial charge in [-0.1, -0.05) is 46.5 Å². The van der Waals surface area contributed by atoms with Gasteiger partial charge in [0, 0.05) is 19.0 Å². The van der Waals surface area contributed by atoms with Gasteiger partial charge in [-0.25, -0.2) is 4.98 Å². The van der Waals surface area contributed by atoms with E-state index in [1.807, 2.05) is 0 Å². The maximum absolute atomic E-state index is 5.14. The van der Waals surface area contributed by atoms with Crippen LogP contribution in [0.15, 0.2) is 5.38 Å². The van der Waals surface area contributed by atoms with Gasteiger partial charge in [-0.2, -0.15) is 0 Å². The second kappa shape index (κ2) is 10.3. The Hall–Kier alpha value is -0.450. The highest BCUT2D eigenvalue weighted by atomic mass is 32.1. The van der Waals surface area contributed by atoms with Gasteiger partial charge in [0.05, 0.1) is 18.3 Å². The van der Waals surface area contributed by atoms with E-state index in [1.54, 1.807) is 18.4 Å². The second-order valence-corrected chi connectivity index (χ2v) is 6.50. The fraction of sp³-hybridized carbons (Fsp3) is 0.812. The molecular formula is C16H30N2OS. The minimum Gasteiger partial charge on any atom is -0.383 e. The van der Waals surface area contributed by atoms with Crippen molar-refractivity contribution in [3.05, 3.63) is 16.1 Å².